The summed E-state index contributed by atoms with van der Waals surface area (Å²) in [6.07, 6.45) is 4.64. The first kappa shape index (κ1) is 18.3. The zero-order valence-corrected chi connectivity index (χ0v) is 15.8. The van der Waals surface area contributed by atoms with E-state index in [9.17, 15) is 4.79 Å². The van der Waals surface area contributed by atoms with Crippen LogP contribution in [-0.2, 0) is 12.8 Å². The summed E-state index contributed by atoms with van der Waals surface area (Å²) >= 11 is 1.63. The van der Waals surface area contributed by atoms with Crippen LogP contribution in [0.15, 0.2) is 59.6 Å². The van der Waals surface area contributed by atoms with Gasteiger partial charge in [0.1, 0.15) is 5.69 Å². The summed E-state index contributed by atoms with van der Waals surface area (Å²) in [5, 5.41) is 0.992. The van der Waals surface area contributed by atoms with Gasteiger partial charge < -0.3 is 0 Å². The number of ketones is 1. The molecule has 0 bridgehead atoms. The molecule has 0 aliphatic carbocycles. The Hall–Kier alpha value is -2.53. The smallest absolute Gasteiger partial charge is 0.178 e. The first-order valence-corrected chi connectivity index (χ1v) is 9.82. The van der Waals surface area contributed by atoms with Gasteiger partial charge >= 0.3 is 0 Å². The lowest BCUT2D eigenvalue weighted by Crippen LogP contribution is -2.01. The molecular weight excluding hydrogens is 342 g/mol. The molecule has 0 saturated carbocycles. The van der Waals surface area contributed by atoms with Crippen LogP contribution in [0, 0.1) is 0 Å². The fraction of sp³-hybridized carbons (Fsp3) is 0.238. The maximum Gasteiger partial charge on any atom is 0.178 e. The van der Waals surface area contributed by atoms with Crippen LogP contribution in [0.4, 0.5) is 0 Å². The van der Waals surface area contributed by atoms with E-state index < -0.39 is 0 Å². The second kappa shape index (κ2) is 8.72. The van der Waals surface area contributed by atoms with Crippen LogP contribution in [0.25, 0.3) is 11.4 Å². The molecule has 0 radical (unpaired) electrons. The molecule has 0 fully saturated rings. The minimum absolute atomic E-state index is 0.00110. The highest BCUT2D eigenvalue weighted by atomic mass is 32.2. The van der Waals surface area contributed by atoms with Crippen LogP contribution in [-0.4, -0.2) is 27.0 Å². The molecule has 3 heterocycles. The summed E-state index contributed by atoms with van der Waals surface area (Å²) < 4.78 is 0. The second-order valence-corrected chi connectivity index (χ2v) is 6.83. The molecule has 0 aromatic carbocycles. The third-order valence-corrected chi connectivity index (χ3v) is 4.68. The van der Waals surface area contributed by atoms with Crippen LogP contribution >= 0.6 is 11.8 Å². The molecule has 4 nitrogen and oxygen atoms in total. The van der Waals surface area contributed by atoms with Crippen molar-refractivity contribution in [2.24, 2.45) is 0 Å². The van der Waals surface area contributed by atoms with E-state index >= 15 is 0 Å². The van der Waals surface area contributed by atoms with E-state index in [1.54, 1.807) is 24.8 Å². The van der Waals surface area contributed by atoms with Crippen molar-refractivity contribution in [2.75, 3.05) is 6.26 Å². The molecule has 0 aliphatic rings. The zero-order chi connectivity index (χ0) is 18.4. The number of hydrogen-bond donors (Lipinski definition) is 0. The Balaban J connectivity index is 1.66. The minimum atomic E-state index is 0.00110. The molecule has 3 aromatic rings. The van der Waals surface area contributed by atoms with Crippen LogP contribution in [0.5, 0.6) is 0 Å². The van der Waals surface area contributed by atoms with Crippen LogP contribution in [0.3, 0.4) is 0 Å². The molecule has 0 saturated heterocycles. The van der Waals surface area contributed by atoms with E-state index in [-0.39, 0.29) is 5.78 Å². The fourth-order valence-electron chi connectivity index (χ4n) is 2.70. The lowest BCUT2D eigenvalue weighted by atomic mass is 10.1. The number of aromatic nitrogens is 3. The monoisotopic (exact) mass is 363 g/mol. The largest absolute Gasteiger partial charge is 0.293 e. The van der Waals surface area contributed by atoms with Gasteiger partial charge in [-0.15, -0.1) is 11.8 Å². The van der Waals surface area contributed by atoms with Gasteiger partial charge in [0.25, 0.3) is 0 Å². The quantitative estimate of drug-likeness (QED) is 0.452. The van der Waals surface area contributed by atoms with Gasteiger partial charge in [-0.3, -0.25) is 9.78 Å². The number of nitrogens with zero attached hydrogens (tertiary/aromatic N) is 3. The molecular formula is C21H21N3OS. The van der Waals surface area contributed by atoms with E-state index in [2.05, 4.69) is 9.97 Å². The molecule has 0 atom stereocenters. The van der Waals surface area contributed by atoms with Gasteiger partial charge in [0.2, 0.25) is 0 Å². The Morgan fingerprint density at radius 2 is 1.46 bits per heavy atom. The molecule has 132 valence electrons. The Kier molecular flexibility index (Phi) is 6.12. The Morgan fingerprint density at radius 3 is 2.15 bits per heavy atom. The Bertz CT molecular complexity index is 911. The molecule has 0 aliphatic heterocycles. The van der Waals surface area contributed by atoms with Crippen molar-refractivity contribution in [3.8, 4) is 11.4 Å². The van der Waals surface area contributed by atoms with Crippen molar-refractivity contribution in [3.05, 3.63) is 71.7 Å². The highest BCUT2D eigenvalue weighted by molar-refractivity contribution is 7.98. The molecule has 5 heteroatoms. The minimum Gasteiger partial charge on any atom is -0.293 e. The third kappa shape index (κ3) is 4.76. The van der Waals surface area contributed by atoms with E-state index in [0.717, 1.165) is 47.1 Å². The normalized spacial score (nSPS) is 10.7. The number of Topliss-reactive ketones (excluding diaryl/α,β-unsaturated/α-hetero) is 1. The van der Waals surface area contributed by atoms with E-state index in [4.69, 9.17) is 4.98 Å². The number of hydrogen-bond acceptors (Lipinski definition) is 5. The van der Waals surface area contributed by atoms with Gasteiger partial charge in [-0.25, -0.2) is 9.97 Å². The molecule has 26 heavy (non-hydrogen) atoms. The number of carbonyl (C=O) groups is 1. The summed E-state index contributed by atoms with van der Waals surface area (Å²) in [5.74, 6) is 0.00110. The van der Waals surface area contributed by atoms with Gasteiger partial charge in [-0.1, -0.05) is 18.2 Å². The lowest BCUT2D eigenvalue weighted by Gasteiger charge is -2.06. The maximum absolute atomic E-state index is 11.4. The standard InChI is InChI=1S/C21H21N3OS/c1-15(25)18-11-4-9-16(22-18)7-3-8-17-10-5-12-19(23-17)20-13-6-14-21(24-20)26-2/h4-6,9-14H,3,7-8H2,1-2H3. The number of thioether (sulfide) groups is 1. The SMILES string of the molecule is CSc1cccc(-c2cccc(CCCc3cccc(C(C)=O)n3)n2)n1. The average Bonchev–Trinajstić information content (AvgIpc) is 2.68. The van der Waals surface area contributed by atoms with Gasteiger partial charge in [-0.2, -0.15) is 0 Å². The van der Waals surface area contributed by atoms with Gasteiger partial charge in [0.05, 0.1) is 16.4 Å². The first-order chi connectivity index (χ1) is 12.7. The molecule has 3 aromatic heterocycles. The van der Waals surface area contributed by atoms with Crippen molar-refractivity contribution in [1.82, 2.24) is 15.0 Å². The van der Waals surface area contributed by atoms with Gasteiger partial charge in [-0.05, 0) is 61.9 Å². The summed E-state index contributed by atoms with van der Waals surface area (Å²) in [5.41, 5.74) is 4.32. The summed E-state index contributed by atoms with van der Waals surface area (Å²) in [7, 11) is 0. The molecule has 0 amide bonds. The highest BCUT2D eigenvalue weighted by Gasteiger charge is 2.06. The molecule has 3 rings (SSSR count). The summed E-state index contributed by atoms with van der Waals surface area (Å²) in [4.78, 5) is 25.2. The summed E-state index contributed by atoms with van der Waals surface area (Å²) in [6, 6.07) is 17.7. The fourth-order valence-corrected chi connectivity index (χ4v) is 3.10. The third-order valence-electron chi connectivity index (χ3n) is 4.04. The average molecular weight is 363 g/mol. The number of carbonyl (C=O) groups excluding carboxylic acids is 1. The lowest BCUT2D eigenvalue weighted by molar-refractivity contribution is 0.101. The van der Waals surface area contributed by atoms with Crippen molar-refractivity contribution >= 4 is 17.5 Å². The maximum atomic E-state index is 11.4. The number of pyridine rings is 3. The van der Waals surface area contributed by atoms with Crippen LogP contribution < -0.4 is 0 Å². The predicted octanol–water partition coefficient (Wildman–Crippen LogP) is 4.64. The number of rotatable bonds is 7. The van der Waals surface area contributed by atoms with E-state index in [0.29, 0.717) is 5.69 Å². The number of aryl methyl sites for hydroxylation is 2. The summed E-state index contributed by atoms with van der Waals surface area (Å²) in [6.45, 7) is 1.54. The van der Waals surface area contributed by atoms with Gasteiger partial charge in [0, 0.05) is 18.3 Å². The highest BCUT2D eigenvalue weighted by Crippen LogP contribution is 2.19. The zero-order valence-electron chi connectivity index (χ0n) is 15.0. The van der Waals surface area contributed by atoms with Crippen molar-refractivity contribution in [1.29, 1.82) is 0 Å². The van der Waals surface area contributed by atoms with Crippen molar-refractivity contribution < 1.29 is 4.79 Å². The van der Waals surface area contributed by atoms with Crippen LogP contribution in [0.2, 0.25) is 0 Å². The predicted molar refractivity (Wildman–Crippen MR) is 106 cm³/mol. The Labute approximate surface area is 158 Å². The Morgan fingerprint density at radius 1 is 0.846 bits per heavy atom. The second-order valence-electron chi connectivity index (χ2n) is 6.00. The molecule has 0 unspecified atom stereocenters. The van der Waals surface area contributed by atoms with E-state index in [1.807, 2.05) is 54.8 Å². The first-order valence-electron chi connectivity index (χ1n) is 8.60. The molecule has 0 spiro atoms. The van der Waals surface area contributed by atoms with Gasteiger partial charge in [0.15, 0.2) is 5.78 Å². The van der Waals surface area contributed by atoms with E-state index in [1.165, 1.54) is 0 Å². The van der Waals surface area contributed by atoms with Crippen LogP contribution in [0.1, 0.15) is 35.2 Å². The van der Waals surface area contributed by atoms with Crippen molar-refractivity contribution in [3.63, 3.8) is 0 Å². The van der Waals surface area contributed by atoms with Crippen molar-refractivity contribution in [2.45, 2.75) is 31.2 Å². The topological polar surface area (TPSA) is 55.7 Å². The molecule has 0 N–H and O–H groups in total.